The number of nitrogens with zero attached hydrogens (tertiary/aromatic N) is 4. The summed E-state index contributed by atoms with van der Waals surface area (Å²) in [6.45, 7) is 8.03. The van der Waals surface area contributed by atoms with E-state index in [9.17, 15) is 4.79 Å². The topological polar surface area (TPSA) is 48.9 Å². The van der Waals surface area contributed by atoms with Gasteiger partial charge in [-0.05, 0) is 74.5 Å². The number of aromatic nitrogens is 1. The monoisotopic (exact) mass is 484 g/mol. The maximum absolute atomic E-state index is 12.3. The summed E-state index contributed by atoms with van der Waals surface area (Å²) in [5.41, 5.74) is 6.18. The van der Waals surface area contributed by atoms with Gasteiger partial charge in [0, 0.05) is 50.3 Å². The van der Waals surface area contributed by atoms with E-state index >= 15 is 0 Å². The van der Waals surface area contributed by atoms with Crippen LogP contribution >= 0.6 is 0 Å². The molecule has 3 heterocycles. The lowest BCUT2D eigenvalue weighted by molar-refractivity contribution is 0.0526. The molecule has 0 atom stereocenters. The fraction of sp³-hybridized carbons (Fsp3) is 0.400. The van der Waals surface area contributed by atoms with Crippen molar-refractivity contribution in [1.82, 2.24) is 9.88 Å². The average molecular weight is 485 g/mol. The van der Waals surface area contributed by atoms with E-state index in [4.69, 9.17) is 4.74 Å². The van der Waals surface area contributed by atoms with Gasteiger partial charge in [0.1, 0.15) is 11.4 Å². The molecule has 0 bridgehead atoms. The third kappa shape index (κ3) is 5.39. The maximum Gasteiger partial charge on any atom is 0.341 e. The normalized spacial score (nSPS) is 15.7. The molecule has 0 spiro atoms. The number of rotatable bonds is 8. The molecule has 36 heavy (non-hydrogen) atoms. The number of hydrogen-bond donors (Lipinski definition) is 0. The SMILES string of the molecule is CCOC(=O)c1cccnc1N1CCN(CCCCN2c3ccccc3CCc3ccccc32)CC1. The first-order chi connectivity index (χ1) is 17.7. The van der Waals surface area contributed by atoms with Gasteiger partial charge in [0.05, 0.1) is 6.61 Å². The van der Waals surface area contributed by atoms with E-state index in [0.29, 0.717) is 12.2 Å². The fourth-order valence-corrected chi connectivity index (χ4v) is 5.42. The minimum absolute atomic E-state index is 0.292. The zero-order valence-corrected chi connectivity index (χ0v) is 21.2. The molecule has 2 aromatic carbocycles. The molecule has 6 heteroatoms. The number of benzene rings is 2. The standard InChI is InChI=1S/C30H36N4O2/c1-2-36-30(35)26-12-9-17-31-29(26)33-22-20-32(21-23-33)18-7-8-19-34-27-13-5-3-10-24(27)15-16-25-11-4-6-14-28(25)34/h3-6,9-14,17H,2,7-8,15-16,18-23H2,1H3. The van der Waals surface area contributed by atoms with Crippen LogP contribution in [0.2, 0.25) is 0 Å². The highest BCUT2D eigenvalue weighted by Gasteiger charge is 2.23. The number of ether oxygens (including phenoxy) is 1. The lowest BCUT2D eigenvalue weighted by Gasteiger charge is -2.36. The lowest BCUT2D eigenvalue weighted by Crippen LogP contribution is -2.47. The van der Waals surface area contributed by atoms with Crippen molar-refractivity contribution in [3.63, 3.8) is 0 Å². The Labute approximate surface area is 214 Å². The molecule has 0 N–H and O–H groups in total. The van der Waals surface area contributed by atoms with Gasteiger partial charge in [-0.1, -0.05) is 36.4 Å². The van der Waals surface area contributed by atoms with Crippen molar-refractivity contribution in [2.24, 2.45) is 0 Å². The predicted octanol–water partition coefficient (Wildman–Crippen LogP) is 5.10. The summed E-state index contributed by atoms with van der Waals surface area (Å²) in [4.78, 5) is 24.1. The second-order valence-electron chi connectivity index (χ2n) is 9.54. The van der Waals surface area contributed by atoms with Crippen LogP contribution in [0.5, 0.6) is 0 Å². The molecule has 0 saturated carbocycles. The number of esters is 1. The molecule has 188 valence electrons. The summed E-state index contributed by atoms with van der Waals surface area (Å²) in [5.74, 6) is 0.453. The second kappa shape index (κ2) is 11.6. The van der Waals surface area contributed by atoms with Crippen molar-refractivity contribution in [1.29, 1.82) is 0 Å². The number of piperazine rings is 1. The Bertz CT molecular complexity index is 1130. The van der Waals surface area contributed by atoms with E-state index in [1.54, 1.807) is 12.3 Å². The Morgan fingerprint density at radius 2 is 1.47 bits per heavy atom. The number of unbranched alkanes of at least 4 members (excludes halogenated alkanes) is 1. The number of pyridine rings is 1. The van der Waals surface area contributed by atoms with E-state index in [1.165, 1.54) is 28.9 Å². The molecule has 2 aliphatic heterocycles. The van der Waals surface area contributed by atoms with Gasteiger partial charge in [-0.3, -0.25) is 4.90 Å². The molecular formula is C30H36N4O2. The minimum atomic E-state index is -0.292. The van der Waals surface area contributed by atoms with Crippen molar-refractivity contribution in [3.8, 4) is 0 Å². The largest absolute Gasteiger partial charge is 0.462 e. The molecule has 2 aliphatic rings. The Morgan fingerprint density at radius 3 is 2.14 bits per heavy atom. The van der Waals surface area contributed by atoms with Gasteiger partial charge in [-0.15, -0.1) is 0 Å². The average Bonchev–Trinajstić information content (AvgIpc) is 3.08. The van der Waals surface area contributed by atoms with Crippen LogP contribution in [0.3, 0.4) is 0 Å². The third-order valence-corrected chi connectivity index (χ3v) is 7.29. The van der Waals surface area contributed by atoms with Crippen LogP contribution in [0.25, 0.3) is 0 Å². The van der Waals surface area contributed by atoms with Crippen LogP contribution < -0.4 is 9.80 Å². The molecule has 1 aromatic heterocycles. The van der Waals surface area contributed by atoms with Crippen LogP contribution in [0.1, 0.15) is 41.3 Å². The number of hydrogen-bond acceptors (Lipinski definition) is 6. The molecule has 1 saturated heterocycles. The highest BCUT2D eigenvalue weighted by atomic mass is 16.5. The van der Waals surface area contributed by atoms with Crippen molar-refractivity contribution in [2.75, 3.05) is 55.7 Å². The van der Waals surface area contributed by atoms with Gasteiger partial charge in [-0.2, -0.15) is 0 Å². The zero-order chi connectivity index (χ0) is 24.7. The van der Waals surface area contributed by atoms with Crippen LogP contribution in [-0.4, -0.2) is 61.7 Å². The summed E-state index contributed by atoms with van der Waals surface area (Å²) in [6.07, 6.45) is 6.27. The molecule has 5 rings (SSSR count). The Hall–Kier alpha value is -3.38. The summed E-state index contributed by atoms with van der Waals surface area (Å²) in [6, 6.07) is 21.4. The molecule has 0 radical (unpaired) electrons. The Kier molecular flexibility index (Phi) is 7.82. The van der Waals surface area contributed by atoms with Gasteiger partial charge in [0.2, 0.25) is 0 Å². The smallest absolute Gasteiger partial charge is 0.341 e. The van der Waals surface area contributed by atoms with Gasteiger partial charge in [0.25, 0.3) is 0 Å². The van der Waals surface area contributed by atoms with E-state index < -0.39 is 0 Å². The highest BCUT2D eigenvalue weighted by Crippen LogP contribution is 2.36. The lowest BCUT2D eigenvalue weighted by atomic mass is 10.0. The fourth-order valence-electron chi connectivity index (χ4n) is 5.42. The number of aryl methyl sites for hydroxylation is 2. The van der Waals surface area contributed by atoms with Crippen molar-refractivity contribution in [3.05, 3.63) is 83.6 Å². The minimum Gasteiger partial charge on any atom is -0.462 e. The molecule has 3 aromatic rings. The first kappa shape index (κ1) is 24.3. The van der Waals surface area contributed by atoms with Crippen molar-refractivity contribution < 1.29 is 9.53 Å². The summed E-state index contributed by atoms with van der Waals surface area (Å²) in [5, 5.41) is 0. The van der Waals surface area contributed by atoms with Crippen LogP contribution in [0.15, 0.2) is 66.9 Å². The van der Waals surface area contributed by atoms with E-state index in [2.05, 4.69) is 68.2 Å². The Morgan fingerprint density at radius 1 is 0.833 bits per heavy atom. The molecule has 0 aliphatic carbocycles. The zero-order valence-electron chi connectivity index (χ0n) is 21.2. The summed E-state index contributed by atoms with van der Waals surface area (Å²) < 4.78 is 5.23. The number of carbonyl (C=O) groups excluding carboxylic acids is 1. The van der Waals surface area contributed by atoms with Crippen LogP contribution in [-0.2, 0) is 17.6 Å². The molecule has 1 fully saturated rings. The molecular weight excluding hydrogens is 448 g/mol. The summed E-state index contributed by atoms with van der Waals surface area (Å²) in [7, 11) is 0. The predicted molar refractivity (Wildman–Crippen MR) is 145 cm³/mol. The van der Waals surface area contributed by atoms with Gasteiger partial charge >= 0.3 is 5.97 Å². The summed E-state index contributed by atoms with van der Waals surface area (Å²) >= 11 is 0. The van der Waals surface area contributed by atoms with Crippen molar-refractivity contribution >= 4 is 23.2 Å². The maximum atomic E-state index is 12.3. The van der Waals surface area contributed by atoms with Crippen LogP contribution in [0, 0.1) is 0 Å². The Balaban J connectivity index is 1.15. The molecule has 0 unspecified atom stereocenters. The van der Waals surface area contributed by atoms with E-state index in [1.807, 2.05) is 13.0 Å². The quantitative estimate of drug-likeness (QED) is 0.328. The molecule has 6 nitrogen and oxygen atoms in total. The third-order valence-electron chi connectivity index (χ3n) is 7.29. The highest BCUT2D eigenvalue weighted by molar-refractivity contribution is 5.94. The second-order valence-corrected chi connectivity index (χ2v) is 9.54. The first-order valence-corrected chi connectivity index (χ1v) is 13.3. The van der Waals surface area contributed by atoms with Gasteiger partial charge in [0.15, 0.2) is 0 Å². The number of carbonyl (C=O) groups is 1. The van der Waals surface area contributed by atoms with Crippen molar-refractivity contribution in [2.45, 2.75) is 32.6 Å². The van der Waals surface area contributed by atoms with Gasteiger partial charge < -0.3 is 14.5 Å². The van der Waals surface area contributed by atoms with Gasteiger partial charge in [-0.25, -0.2) is 9.78 Å². The number of anilines is 3. The number of fused-ring (bicyclic) bond motifs is 2. The van der Waals surface area contributed by atoms with E-state index in [-0.39, 0.29) is 5.97 Å². The van der Waals surface area contributed by atoms with Crippen LogP contribution in [0.4, 0.5) is 17.2 Å². The first-order valence-electron chi connectivity index (χ1n) is 13.3. The van der Waals surface area contributed by atoms with E-state index in [0.717, 1.165) is 64.3 Å². The number of para-hydroxylation sites is 2. The molecule has 0 amide bonds.